The Morgan fingerprint density at radius 3 is 2.55 bits per heavy atom. The molecule has 2 aliphatic rings. The van der Waals surface area contributed by atoms with Gasteiger partial charge < -0.3 is 24.7 Å². The van der Waals surface area contributed by atoms with Gasteiger partial charge in [-0.3, -0.25) is 5.41 Å². The van der Waals surface area contributed by atoms with Crippen molar-refractivity contribution in [2.24, 2.45) is 11.7 Å². The topological polar surface area (TPSA) is 86.8 Å². The molecule has 1 unspecified atom stereocenters. The highest BCUT2D eigenvalue weighted by atomic mass is 16.5. The van der Waals surface area contributed by atoms with Gasteiger partial charge in [0.15, 0.2) is 0 Å². The van der Waals surface area contributed by atoms with Gasteiger partial charge in [0, 0.05) is 29.7 Å². The van der Waals surface area contributed by atoms with Gasteiger partial charge in [0.25, 0.3) is 6.02 Å². The van der Waals surface area contributed by atoms with Crippen molar-refractivity contribution >= 4 is 6.02 Å². The van der Waals surface area contributed by atoms with Crippen LogP contribution in [0.1, 0.15) is 49.3 Å². The summed E-state index contributed by atoms with van der Waals surface area (Å²) in [6, 6.07) is 11.4. The summed E-state index contributed by atoms with van der Waals surface area (Å²) >= 11 is 0. The van der Waals surface area contributed by atoms with E-state index in [1.807, 2.05) is 50.2 Å². The van der Waals surface area contributed by atoms with E-state index in [2.05, 4.69) is 11.8 Å². The van der Waals surface area contributed by atoms with E-state index in [1.54, 1.807) is 7.11 Å². The molecule has 1 aliphatic carbocycles. The average molecular weight is 421 g/mol. The zero-order valence-corrected chi connectivity index (χ0v) is 18.2. The fraction of sp³-hybridized carbons (Fsp3) is 0.400. The second kappa shape index (κ2) is 8.52. The number of rotatable bonds is 6. The molecular formula is C25H28N2O4. The van der Waals surface area contributed by atoms with Crippen molar-refractivity contribution in [2.75, 3.05) is 20.3 Å². The van der Waals surface area contributed by atoms with Crippen LogP contribution in [0.25, 0.3) is 0 Å². The Labute approximate surface area is 183 Å². The minimum atomic E-state index is -0.398. The summed E-state index contributed by atoms with van der Waals surface area (Å²) in [6.45, 7) is 4.58. The van der Waals surface area contributed by atoms with Gasteiger partial charge >= 0.3 is 0 Å². The molecular weight excluding hydrogens is 392 g/mol. The van der Waals surface area contributed by atoms with Crippen LogP contribution >= 0.6 is 0 Å². The van der Waals surface area contributed by atoms with E-state index in [-0.39, 0.29) is 18.5 Å². The van der Waals surface area contributed by atoms with Crippen molar-refractivity contribution in [3.05, 3.63) is 53.1 Å². The summed E-state index contributed by atoms with van der Waals surface area (Å²) in [5.74, 6) is 9.15. The first-order valence-corrected chi connectivity index (χ1v) is 10.5. The number of hydrogen-bond donors (Lipinski definition) is 2. The Morgan fingerprint density at radius 1 is 1.16 bits per heavy atom. The first kappa shape index (κ1) is 21.1. The standard InChI is InChI=1S/C25H28N2O4/c1-25(2,28-3)15-30-18-9-11-23-20(13-18)21(14-29-24(26)27)19-12-17(7-6-16-4-5-16)8-10-22(19)31-23/h8-13,16,21H,4-5,14-15H2,1-3H3,(H3,26,27). The number of ether oxygens (including phenoxy) is 4. The number of nitrogens with one attached hydrogen (secondary N) is 1. The normalized spacial score (nSPS) is 16.8. The Morgan fingerprint density at radius 2 is 1.87 bits per heavy atom. The lowest BCUT2D eigenvalue weighted by molar-refractivity contribution is -0.0147. The van der Waals surface area contributed by atoms with Crippen LogP contribution in [0.4, 0.5) is 0 Å². The maximum atomic E-state index is 7.50. The molecule has 1 fully saturated rings. The van der Waals surface area contributed by atoms with E-state index in [1.165, 1.54) is 12.8 Å². The van der Waals surface area contributed by atoms with Crippen molar-refractivity contribution in [3.63, 3.8) is 0 Å². The SMILES string of the molecule is COC(C)(C)COc1ccc2c(c1)C(COC(=N)N)c1cc(C#CC3CC3)ccc1O2. The molecule has 6 heteroatoms. The van der Waals surface area contributed by atoms with E-state index in [9.17, 15) is 0 Å². The van der Waals surface area contributed by atoms with E-state index >= 15 is 0 Å². The first-order valence-electron chi connectivity index (χ1n) is 10.5. The molecule has 1 heterocycles. The van der Waals surface area contributed by atoms with Crippen LogP contribution < -0.4 is 15.2 Å². The van der Waals surface area contributed by atoms with Gasteiger partial charge in [0.1, 0.15) is 30.5 Å². The number of benzene rings is 2. The molecule has 0 amide bonds. The smallest absolute Gasteiger partial charge is 0.279 e. The quantitative estimate of drug-likeness (QED) is 0.411. The van der Waals surface area contributed by atoms with E-state index < -0.39 is 5.60 Å². The van der Waals surface area contributed by atoms with Gasteiger partial charge in [-0.2, -0.15) is 0 Å². The number of amidine groups is 1. The third-order valence-electron chi connectivity index (χ3n) is 5.50. The molecule has 4 rings (SSSR count). The van der Waals surface area contributed by atoms with Crippen molar-refractivity contribution < 1.29 is 18.9 Å². The van der Waals surface area contributed by atoms with Crippen LogP contribution in [0.3, 0.4) is 0 Å². The minimum Gasteiger partial charge on any atom is -0.491 e. The third-order valence-corrected chi connectivity index (χ3v) is 5.50. The van der Waals surface area contributed by atoms with E-state index in [0.29, 0.717) is 18.3 Å². The number of fused-ring (bicyclic) bond motifs is 2. The van der Waals surface area contributed by atoms with Crippen molar-refractivity contribution in [3.8, 4) is 29.1 Å². The third kappa shape index (κ3) is 5.12. The minimum absolute atomic E-state index is 0.163. The molecule has 6 nitrogen and oxygen atoms in total. The lowest BCUT2D eigenvalue weighted by Crippen LogP contribution is -2.30. The fourth-order valence-electron chi connectivity index (χ4n) is 3.34. The maximum Gasteiger partial charge on any atom is 0.279 e. The van der Waals surface area contributed by atoms with Crippen molar-refractivity contribution in [1.82, 2.24) is 0 Å². The van der Waals surface area contributed by atoms with Crippen molar-refractivity contribution in [1.29, 1.82) is 5.41 Å². The van der Waals surface area contributed by atoms with Crippen LogP contribution in [0.15, 0.2) is 36.4 Å². The Hall–Kier alpha value is -3.17. The molecule has 2 aromatic rings. The van der Waals surface area contributed by atoms with Crippen LogP contribution in [0.2, 0.25) is 0 Å². The molecule has 3 N–H and O–H groups in total. The summed E-state index contributed by atoms with van der Waals surface area (Å²) in [6.07, 6.45) is 2.37. The molecule has 1 saturated carbocycles. The zero-order valence-electron chi connectivity index (χ0n) is 18.2. The Bertz CT molecular complexity index is 1050. The molecule has 0 radical (unpaired) electrons. The molecule has 31 heavy (non-hydrogen) atoms. The van der Waals surface area contributed by atoms with Gasteiger partial charge in [-0.25, -0.2) is 0 Å². The largest absolute Gasteiger partial charge is 0.491 e. The maximum absolute atomic E-state index is 7.50. The van der Waals surface area contributed by atoms with Crippen molar-refractivity contribution in [2.45, 2.75) is 38.2 Å². The molecule has 0 aromatic heterocycles. The summed E-state index contributed by atoms with van der Waals surface area (Å²) in [5, 5.41) is 7.50. The van der Waals surface area contributed by atoms with Gasteiger partial charge in [-0.1, -0.05) is 11.8 Å². The predicted octanol–water partition coefficient (Wildman–Crippen LogP) is 4.40. The number of hydrogen-bond acceptors (Lipinski definition) is 5. The molecule has 1 atom stereocenters. The second-order valence-electron chi connectivity index (χ2n) is 8.58. The molecule has 2 aromatic carbocycles. The summed E-state index contributed by atoms with van der Waals surface area (Å²) < 4.78 is 23.0. The summed E-state index contributed by atoms with van der Waals surface area (Å²) in [5.41, 5.74) is 7.91. The lowest BCUT2D eigenvalue weighted by Gasteiger charge is -2.29. The second-order valence-corrected chi connectivity index (χ2v) is 8.58. The highest BCUT2D eigenvalue weighted by Gasteiger charge is 2.29. The highest BCUT2D eigenvalue weighted by molar-refractivity contribution is 5.68. The highest BCUT2D eigenvalue weighted by Crippen LogP contribution is 2.46. The monoisotopic (exact) mass is 420 g/mol. The van der Waals surface area contributed by atoms with E-state index in [4.69, 9.17) is 30.1 Å². The van der Waals surface area contributed by atoms with Crippen LogP contribution in [0.5, 0.6) is 17.2 Å². The van der Waals surface area contributed by atoms with E-state index in [0.717, 1.165) is 28.2 Å². The van der Waals surface area contributed by atoms with Gasteiger partial charge in [0.2, 0.25) is 0 Å². The number of nitrogens with two attached hydrogens (primary N) is 1. The zero-order chi connectivity index (χ0) is 22.0. The van der Waals surface area contributed by atoms with Gasteiger partial charge in [-0.05, 0) is 63.1 Å². The molecule has 162 valence electrons. The van der Waals surface area contributed by atoms with Gasteiger partial charge in [-0.15, -0.1) is 0 Å². The molecule has 1 aliphatic heterocycles. The van der Waals surface area contributed by atoms with Crippen LogP contribution in [-0.4, -0.2) is 31.9 Å². The molecule has 0 saturated heterocycles. The average Bonchev–Trinajstić information content (AvgIpc) is 3.58. The number of methoxy groups -OCH3 is 1. The fourth-order valence-corrected chi connectivity index (χ4v) is 3.34. The van der Waals surface area contributed by atoms with Crippen LogP contribution in [-0.2, 0) is 9.47 Å². The molecule has 0 bridgehead atoms. The predicted molar refractivity (Wildman–Crippen MR) is 119 cm³/mol. The summed E-state index contributed by atoms with van der Waals surface area (Å²) in [7, 11) is 1.67. The Kier molecular flexibility index (Phi) is 5.79. The Balaban J connectivity index is 1.66. The van der Waals surface area contributed by atoms with Crippen LogP contribution in [0, 0.1) is 23.2 Å². The first-order chi connectivity index (χ1) is 14.8. The van der Waals surface area contributed by atoms with Gasteiger partial charge in [0.05, 0.1) is 11.5 Å². The summed E-state index contributed by atoms with van der Waals surface area (Å²) in [4.78, 5) is 0. The lowest BCUT2D eigenvalue weighted by atomic mass is 9.87. The molecule has 0 spiro atoms.